The van der Waals surface area contributed by atoms with E-state index in [0.29, 0.717) is 24.9 Å². The fourth-order valence-corrected chi connectivity index (χ4v) is 4.10. The second-order valence-corrected chi connectivity index (χ2v) is 7.00. The highest BCUT2D eigenvalue weighted by molar-refractivity contribution is 7.07. The maximum absolute atomic E-state index is 12.8. The summed E-state index contributed by atoms with van der Waals surface area (Å²) in [5.41, 5.74) is 2.80. The number of carbonyl (C=O) groups excluding carboxylic acids is 1. The van der Waals surface area contributed by atoms with Crippen LogP contribution in [-0.4, -0.2) is 50.0 Å². The molecule has 0 unspecified atom stereocenters. The van der Waals surface area contributed by atoms with Crippen molar-refractivity contribution < 1.29 is 9.21 Å². The Morgan fingerprint density at radius 2 is 2.22 bits per heavy atom. The van der Waals surface area contributed by atoms with Crippen molar-refractivity contribution in [2.75, 3.05) is 13.1 Å². The van der Waals surface area contributed by atoms with Gasteiger partial charge in [-0.2, -0.15) is 0 Å². The Hall–Kier alpha value is -1.80. The van der Waals surface area contributed by atoms with Crippen molar-refractivity contribution in [2.24, 2.45) is 5.92 Å². The van der Waals surface area contributed by atoms with Crippen LogP contribution in [0, 0.1) is 12.8 Å². The van der Waals surface area contributed by atoms with Crippen molar-refractivity contribution in [3.8, 4) is 0 Å². The Bertz CT molecular complexity index is 686. The van der Waals surface area contributed by atoms with Crippen LogP contribution < -0.4 is 0 Å². The van der Waals surface area contributed by atoms with Gasteiger partial charge in [-0.25, -0.2) is 4.98 Å². The summed E-state index contributed by atoms with van der Waals surface area (Å²) in [5.74, 6) is 1.54. The Kier molecular flexibility index (Phi) is 3.86. The normalized spacial score (nSPS) is 25.1. The molecule has 7 nitrogen and oxygen atoms in total. The van der Waals surface area contributed by atoms with Gasteiger partial charge >= 0.3 is 0 Å². The molecule has 3 aliphatic heterocycles. The van der Waals surface area contributed by atoms with E-state index in [9.17, 15) is 4.79 Å². The molecule has 8 heteroatoms. The predicted octanol–water partition coefficient (Wildman–Crippen LogP) is 1.46. The summed E-state index contributed by atoms with van der Waals surface area (Å²) in [7, 11) is 0. The van der Waals surface area contributed by atoms with Crippen LogP contribution in [0.1, 0.15) is 30.3 Å². The number of nitrogens with zero attached hydrogens (tertiary/aromatic N) is 5. The smallest absolute Gasteiger partial charge is 0.230 e. The molecule has 0 aromatic carbocycles. The number of fused-ring (bicyclic) bond motifs is 4. The van der Waals surface area contributed by atoms with Gasteiger partial charge in [0.05, 0.1) is 30.2 Å². The molecule has 5 heterocycles. The molecule has 2 aromatic heterocycles. The van der Waals surface area contributed by atoms with Gasteiger partial charge in [0, 0.05) is 31.4 Å². The Morgan fingerprint density at radius 1 is 1.30 bits per heavy atom. The van der Waals surface area contributed by atoms with Gasteiger partial charge in [0.15, 0.2) is 0 Å². The van der Waals surface area contributed by atoms with Crippen LogP contribution in [-0.2, 0) is 17.9 Å². The lowest BCUT2D eigenvalue weighted by Crippen LogP contribution is -2.47. The minimum atomic E-state index is 0.0661. The molecule has 0 radical (unpaired) electrons. The number of hydrogen-bond donors (Lipinski definition) is 0. The third kappa shape index (κ3) is 3.00. The van der Waals surface area contributed by atoms with E-state index in [1.165, 1.54) is 0 Å². The fraction of sp³-hybridized carbons (Fsp3) is 0.600. The molecule has 0 spiro atoms. The topological polar surface area (TPSA) is 75.4 Å². The summed E-state index contributed by atoms with van der Waals surface area (Å²) < 4.78 is 5.49. The SMILES string of the molecule is Cc1nnc(CN2C[C@@H]3CC[C@H](C2)N(Cc2cscn2)C3=O)o1. The monoisotopic (exact) mass is 333 g/mol. The molecule has 1 amide bonds. The number of carbonyl (C=O) groups is 1. The van der Waals surface area contributed by atoms with Gasteiger partial charge in [-0.3, -0.25) is 9.69 Å². The van der Waals surface area contributed by atoms with E-state index >= 15 is 0 Å². The molecular formula is C15H19N5O2S. The number of thiazole rings is 1. The van der Waals surface area contributed by atoms with E-state index in [-0.39, 0.29) is 17.9 Å². The van der Waals surface area contributed by atoms with Crippen LogP contribution in [0.4, 0.5) is 0 Å². The standard InChI is InChI=1S/C15H19N5O2S/c1-10-17-18-14(22-10)7-19-4-11-2-3-13(6-19)20(15(11)21)5-12-8-23-9-16-12/h8-9,11,13H,2-7H2,1H3/t11-,13+/m0/s1. The van der Waals surface area contributed by atoms with E-state index in [1.54, 1.807) is 18.3 Å². The van der Waals surface area contributed by atoms with Crippen LogP contribution >= 0.6 is 11.3 Å². The summed E-state index contributed by atoms with van der Waals surface area (Å²) in [5, 5.41) is 9.97. The largest absolute Gasteiger partial charge is 0.424 e. The molecule has 0 N–H and O–H groups in total. The number of amides is 1. The van der Waals surface area contributed by atoms with Gasteiger partial charge in [0.2, 0.25) is 17.7 Å². The number of rotatable bonds is 4. The number of hydrogen-bond acceptors (Lipinski definition) is 7. The Balaban J connectivity index is 1.50. The molecule has 0 aliphatic carbocycles. The first kappa shape index (κ1) is 14.8. The lowest BCUT2D eigenvalue weighted by Gasteiger charge is -2.35. The second kappa shape index (κ2) is 6.01. The first-order chi connectivity index (χ1) is 11.2. The Morgan fingerprint density at radius 3 is 2.96 bits per heavy atom. The van der Waals surface area contributed by atoms with Crippen molar-refractivity contribution in [1.82, 2.24) is 25.0 Å². The highest BCUT2D eigenvalue weighted by Crippen LogP contribution is 2.30. The van der Waals surface area contributed by atoms with Crippen LogP contribution in [0.15, 0.2) is 15.3 Å². The molecule has 122 valence electrons. The third-order valence-electron chi connectivity index (χ3n) is 4.61. The summed E-state index contributed by atoms with van der Waals surface area (Å²) >= 11 is 1.57. The van der Waals surface area contributed by atoms with E-state index in [1.807, 2.05) is 15.8 Å². The van der Waals surface area contributed by atoms with Gasteiger partial charge in [0.25, 0.3) is 0 Å². The third-order valence-corrected chi connectivity index (χ3v) is 5.25. The molecule has 3 aliphatic rings. The van der Waals surface area contributed by atoms with Crippen LogP contribution in [0.3, 0.4) is 0 Å². The van der Waals surface area contributed by atoms with Gasteiger partial charge in [0.1, 0.15) is 0 Å². The minimum absolute atomic E-state index is 0.0661. The summed E-state index contributed by atoms with van der Waals surface area (Å²) in [6.45, 7) is 4.66. The molecule has 0 saturated carbocycles. The molecule has 2 atom stereocenters. The molecule has 23 heavy (non-hydrogen) atoms. The zero-order valence-corrected chi connectivity index (χ0v) is 13.8. The van der Waals surface area contributed by atoms with Gasteiger partial charge < -0.3 is 9.32 Å². The summed E-state index contributed by atoms with van der Waals surface area (Å²) in [6, 6.07) is 0.243. The predicted molar refractivity (Wildman–Crippen MR) is 83.5 cm³/mol. The average molecular weight is 333 g/mol. The average Bonchev–Trinajstić information content (AvgIpc) is 3.10. The van der Waals surface area contributed by atoms with E-state index in [0.717, 1.165) is 31.6 Å². The molecular weight excluding hydrogens is 314 g/mol. The van der Waals surface area contributed by atoms with Gasteiger partial charge in [-0.15, -0.1) is 21.5 Å². The van der Waals surface area contributed by atoms with Crippen molar-refractivity contribution in [1.29, 1.82) is 0 Å². The molecule has 2 aromatic rings. The maximum atomic E-state index is 12.8. The zero-order valence-electron chi connectivity index (χ0n) is 13.0. The minimum Gasteiger partial charge on any atom is -0.424 e. The summed E-state index contributed by atoms with van der Waals surface area (Å²) in [6.07, 6.45) is 2.02. The van der Waals surface area contributed by atoms with E-state index in [4.69, 9.17) is 4.42 Å². The first-order valence-corrected chi connectivity index (χ1v) is 8.82. The summed E-state index contributed by atoms with van der Waals surface area (Å²) in [4.78, 5) is 21.4. The van der Waals surface area contributed by atoms with Gasteiger partial charge in [-0.1, -0.05) is 0 Å². The Labute approximate surface area is 138 Å². The molecule has 5 rings (SSSR count). The van der Waals surface area contributed by atoms with E-state index in [2.05, 4.69) is 20.1 Å². The number of aromatic nitrogens is 3. The first-order valence-electron chi connectivity index (χ1n) is 7.88. The quantitative estimate of drug-likeness (QED) is 0.843. The van der Waals surface area contributed by atoms with Gasteiger partial charge in [-0.05, 0) is 12.8 Å². The van der Waals surface area contributed by atoms with Crippen LogP contribution in [0.25, 0.3) is 0 Å². The molecule has 2 bridgehead atoms. The number of piperidine rings is 1. The van der Waals surface area contributed by atoms with Crippen LogP contribution in [0.2, 0.25) is 0 Å². The molecule has 3 saturated heterocycles. The van der Waals surface area contributed by atoms with Crippen LogP contribution in [0.5, 0.6) is 0 Å². The van der Waals surface area contributed by atoms with E-state index < -0.39 is 0 Å². The van der Waals surface area contributed by atoms with Crippen molar-refractivity contribution in [2.45, 2.75) is 38.9 Å². The fourth-order valence-electron chi connectivity index (χ4n) is 3.55. The highest BCUT2D eigenvalue weighted by atomic mass is 32.1. The van der Waals surface area contributed by atoms with Crippen molar-refractivity contribution >= 4 is 17.2 Å². The molecule has 3 fully saturated rings. The maximum Gasteiger partial charge on any atom is 0.230 e. The second-order valence-electron chi connectivity index (χ2n) is 6.28. The van der Waals surface area contributed by atoms with Crippen molar-refractivity contribution in [3.63, 3.8) is 0 Å². The highest BCUT2D eigenvalue weighted by Gasteiger charge is 2.40. The van der Waals surface area contributed by atoms with Crippen molar-refractivity contribution in [3.05, 3.63) is 28.4 Å². The zero-order chi connectivity index (χ0) is 15.8. The lowest BCUT2D eigenvalue weighted by atomic mass is 9.94. The number of aryl methyl sites for hydroxylation is 1. The lowest BCUT2D eigenvalue weighted by molar-refractivity contribution is -0.140.